The molecule has 2 amide bonds. The van der Waals surface area contributed by atoms with Gasteiger partial charge in [-0.3, -0.25) is 4.68 Å². The van der Waals surface area contributed by atoms with Crippen LogP contribution in [0.2, 0.25) is 0 Å². The molecule has 7 nitrogen and oxygen atoms in total. The van der Waals surface area contributed by atoms with Crippen LogP contribution in [0.15, 0.2) is 12.3 Å². The number of aromatic nitrogens is 2. The van der Waals surface area contributed by atoms with Gasteiger partial charge < -0.3 is 20.4 Å². The Labute approximate surface area is 123 Å². The van der Waals surface area contributed by atoms with Crippen LogP contribution < -0.4 is 5.32 Å². The van der Waals surface area contributed by atoms with Gasteiger partial charge in [0.15, 0.2) is 0 Å². The highest BCUT2D eigenvalue weighted by atomic mass is 16.3. The van der Waals surface area contributed by atoms with Gasteiger partial charge in [0, 0.05) is 19.3 Å². The van der Waals surface area contributed by atoms with Gasteiger partial charge in [-0.1, -0.05) is 0 Å². The van der Waals surface area contributed by atoms with E-state index in [2.05, 4.69) is 10.4 Å². The molecular formula is C14H22N4O3. The van der Waals surface area contributed by atoms with E-state index in [0.717, 1.165) is 25.1 Å². The highest BCUT2D eigenvalue weighted by Crippen LogP contribution is 2.25. The second-order valence-corrected chi connectivity index (χ2v) is 6.03. The molecule has 0 spiro atoms. The minimum absolute atomic E-state index is 0.0297. The van der Waals surface area contributed by atoms with E-state index in [-0.39, 0.29) is 25.2 Å². The van der Waals surface area contributed by atoms with Crippen molar-refractivity contribution in [3.8, 4) is 0 Å². The van der Waals surface area contributed by atoms with Crippen molar-refractivity contribution >= 4 is 6.03 Å². The van der Waals surface area contributed by atoms with Crippen molar-refractivity contribution in [1.82, 2.24) is 20.0 Å². The molecule has 0 aliphatic carbocycles. The fourth-order valence-corrected chi connectivity index (χ4v) is 3.22. The third kappa shape index (κ3) is 2.89. The van der Waals surface area contributed by atoms with Crippen LogP contribution in [0, 0.1) is 0 Å². The number of urea groups is 1. The van der Waals surface area contributed by atoms with E-state index in [1.54, 1.807) is 11.1 Å². The van der Waals surface area contributed by atoms with Crippen molar-refractivity contribution in [2.24, 2.45) is 0 Å². The van der Waals surface area contributed by atoms with Gasteiger partial charge in [-0.15, -0.1) is 0 Å². The topological polar surface area (TPSA) is 90.6 Å². The zero-order chi connectivity index (χ0) is 14.9. The van der Waals surface area contributed by atoms with Crippen LogP contribution in [-0.4, -0.2) is 56.2 Å². The summed E-state index contributed by atoms with van der Waals surface area (Å²) in [5, 5.41) is 26.7. The van der Waals surface area contributed by atoms with Gasteiger partial charge in [0.05, 0.1) is 24.9 Å². The predicted octanol–water partition coefficient (Wildman–Crippen LogP) is 0.247. The largest absolute Gasteiger partial charge is 0.393 e. The molecule has 116 valence electrons. The van der Waals surface area contributed by atoms with E-state index in [1.807, 2.05) is 10.7 Å². The Bertz CT molecular complexity index is 518. The molecule has 3 N–H and O–H groups in total. The number of carbonyl (C=O) groups is 1. The predicted molar refractivity (Wildman–Crippen MR) is 75.6 cm³/mol. The van der Waals surface area contributed by atoms with Crippen LogP contribution in [-0.2, 0) is 6.54 Å². The number of nitrogens with one attached hydrogen (secondary N) is 1. The summed E-state index contributed by atoms with van der Waals surface area (Å²) in [6.45, 7) is 1.37. The quantitative estimate of drug-likeness (QED) is 0.729. The maximum Gasteiger partial charge on any atom is 0.318 e. The fraction of sp³-hybridized carbons (Fsp3) is 0.714. The van der Waals surface area contributed by atoms with Crippen LogP contribution in [0.4, 0.5) is 4.79 Å². The number of hydrogen-bond donors (Lipinski definition) is 3. The molecule has 2 aliphatic rings. The van der Waals surface area contributed by atoms with Crippen molar-refractivity contribution in [2.45, 2.75) is 43.9 Å². The zero-order valence-electron chi connectivity index (χ0n) is 12.0. The van der Waals surface area contributed by atoms with E-state index >= 15 is 0 Å². The van der Waals surface area contributed by atoms with Crippen LogP contribution >= 0.6 is 0 Å². The molecule has 0 radical (unpaired) electrons. The maximum absolute atomic E-state index is 12.4. The lowest BCUT2D eigenvalue weighted by atomic mass is 9.94. The van der Waals surface area contributed by atoms with Crippen molar-refractivity contribution in [3.63, 3.8) is 0 Å². The van der Waals surface area contributed by atoms with E-state index in [9.17, 15) is 15.0 Å². The first-order chi connectivity index (χ1) is 10.1. The van der Waals surface area contributed by atoms with Crippen LogP contribution in [0.5, 0.6) is 0 Å². The molecule has 3 heterocycles. The number of aryl methyl sites for hydroxylation is 1. The average molecular weight is 294 g/mol. The molecule has 1 fully saturated rings. The number of hydrogen-bond acceptors (Lipinski definition) is 4. The Kier molecular flexibility index (Phi) is 3.86. The normalized spacial score (nSPS) is 29.0. The van der Waals surface area contributed by atoms with Gasteiger partial charge in [0.1, 0.15) is 5.60 Å². The molecule has 0 bridgehead atoms. The lowest BCUT2D eigenvalue weighted by Crippen LogP contribution is -2.55. The highest BCUT2D eigenvalue weighted by molar-refractivity contribution is 5.75. The van der Waals surface area contributed by atoms with Crippen molar-refractivity contribution in [3.05, 3.63) is 18.0 Å². The lowest BCUT2D eigenvalue weighted by molar-refractivity contribution is -0.0571. The number of β-amino-alcohol motifs (C(OH)–C–C–N with tert-alkyl or cyclic N) is 1. The molecule has 2 aliphatic heterocycles. The first-order valence-corrected chi connectivity index (χ1v) is 7.52. The number of aliphatic hydroxyl groups excluding tert-OH is 1. The summed E-state index contributed by atoms with van der Waals surface area (Å²) in [6.07, 6.45) is 4.87. The summed E-state index contributed by atoms with van der Waals surface area (Å²) in [5.74, 6) is 0. The van der Waals surface area contributed by atoms with Gasteiger partial charge in [-0.05, 0) is 31.7 Å². The smallest absolute Gasteiger partial charge is 0.318 e. The number of piperidine rings is 1. The minimum Gasteiger partial charge on any atom is -0.393 e. The summed E-state index contributed by atoms with van der Waals surface area (Å²) >= 11 is 0. The van der Waals surface area contributed by atoms with Gasteiger partial charge in [0.2, 0.25) is 0 Å². The summed E-state index contributed by atoms with van der Waals surface area (Å²) in [5.41, 5.74) is -0.131. The molecule has 3 rings (SSSR count). The second-order valence-electron chi connectivity index (χ2n) is 6.03. The standard InChI is InChI=1S/C14H22N4O3/c19-10-14(21)5-2-7-17(9-14)13(20)16-11-3-1-8-18-12(11)4-6-15-18/h4,6,11,19,21H,1-3,5,7-10H2,(H,16,20). The third-order valence-corrected chi connectivity index (χ3v) is 4.40. The van der Waals surface area contributed by atoms with E-state index < -0.39 is 5.60 Å². The number of fused-ring (bicyclic) bond motifs is 1. The van der Waals surface area contributed by atoms with Crippen LogP contribution in [0.1, 0.15) is 37.4 Å². The number of aliphatic hydroxyl groups is 2. The molecule has 21 heavy (non-hydrogen) atoms. The fourth-order valence-electron chi connectivity index (χ4n) is 3.22. The second kappa shape index (κ2) is 5.65. The van der Waals surface area contributed by atoms with Gasteiger partial charge in [-0.2, -0.15) is 5.10 Å². The van der Waals surface area contributed by atoms with Crippen molar-refractivity contribution in [2.75, 3.05) is 19.7 Å². The monoisotopic (exact) mass is 294 g/mol. The van der Waals surface area contributed by atoms with Gasteiger partial charge >= 0.3 is 6.03 Å². The van der Waals surface area contributed by atoms with E-state index in [1.165, 1.54) is 0 Å². The number of nitrogens with zero attached hydrogens (tertiary/aromatic N) is 3. The van der Waals surface area contributed by atoms with Crippen molar-refractivity contribution in [1.29, 1.82) is 0 Å². The van der Waals surface area contributed by atoms with Crippen LogP contribution in [0.3, 0.4) is 0 Å². The van der Waals surface area contributed by atoms with Crippen molar-refractivity contribution < 1.29 is 15.0 Å². The van der Waals surface area contributed by atoms with Gasteiger partial charge in [-0.25, -0.2) is 4.79 Å². The van der Waals surface area contributed by atoms with E-state index in [0.29, 0.717) is 19.4 Å². The molecule has 0 saturated carbocycles. The number of rotatable bonds is 2. The summed E-state index contributed by atoms with van der Waals surface area (Å²) in [4.78, 5) is 14.0. The summed E-state index contributed by atoms with van der Waals surface area (Å²) in [7, 11) is 0. The SMILES string of the molecule is O=C(NC1CCCn2nccc21)N1CCCC(O)(CO)C1. The van der Waals surface area contributed by atoms with Crippen LogP contribution in [0.25, 0.3) is 0 Å². The molecule has 2 atom stereocenters. The summed E-state index contributed by atoms with van der Waals surface area (Å²) < 4.78 is 1.93. The Morgan fingerprint density at radius 1 is 1.48 bits per heavy atom. The average Bonchev–Trinajstić information content (AvgIpc) is 2.97. The number of amides is 2. The zero-order valence-corrected chi connectivity index (χ0v) is 12.0. The minimum atomic E-state index is -1.16. The molecule has 1 aromatic heterocycles. The molecule has 1 aromatic rings. The first kappa shape index (κ1) is 14.3. The molecule has 7 heteroatoms. The lowest BCUT2D eigenvalue weighted by Gasteiger charge is -2.38. The molecule has 2 unspecified atom stereocenters. The first-order valence-electron chi connectivity index (χ1n) is 7.52. The van der Waals surface area contributed by atoms with E-state index in [4.69, 9.17) is 0 Å². The molecule has 0 aromatic carbocycles. The Balaban J connectivity index is 1.65. The Hall–Kier alpha value is -1.60. The molecule has 1 saturated heterocycles. The number of carbonyl (C=O) groups excluding carboxylic acids is 1. The third-order valence-electron chi connectivity index (χ3n) is 4.40. The maximum atomic E-state index is 12.4. The Morgan fingerprint density at radius 3 is 3.14 bits per heavy atom. The molecular weight excluding hydrogens is 272 g/mol. The van der Waals surface area contributed by atoms with Gasteiger partial charge in [0.25, 0.3) is 0 Å². The number of likely N-dealkylation sites (tertiary alicyclic amines) is 1. The Morgan fingerprint density at radius 2 is 2.33 bits per heavy atom. The highest BCUT2D eigenvalue weighted by Gasteiger charge is 2.35. The summed E-state index contributed by atoms with van der Waals surface area (Å²) in [6, 6.07) is 1.73.